The molecule has 1 amide bonds. The largest absolute Gasteiger partial charge is 0.494 e. The van der Waals surface area contributed by atoms with E-state index in [4.69, 9.17) is 51.1 Å². The van der Waals surface area contributed by atoms with E-state index in [-0.39, 0.29) is 17.9 Å². The molecule has 2 atom stereocenters. The van der Waals surface area contributed by atoms with Crippen LogP contribution in [0.15, 0.2) is 60.7 Å². The van der Waals surface area contributed by atoms with Crippen molar-refractivity contribution in [3.8, 4) is 5.75 Å². The van der Waals surface area contributed by atoms with E-state index in [1.54, 1.807) is 36.4 Å². The predicted octanol–water partition coefficient (Wildman–Crippen LogP) is 6.96. The molecule has 35 heavy (non-hydrogen) atoms. The summed E-state index contributed by atoms with van der Waals surface area (Å²) in [7, 11) is 1.42. The molecule has 1 aliphatic carbocycles. The summed E-state index contributed by atoms with van der Waals surface area (Å²) in [6.45, 7) is 0.0533. The maximum absolute atomic E-state index is 13.2. The minimum absolute atomic E-state index is 0.0533. The molecule has 1 aliphatic rings. The Morgan fingerprint density at radius 1 is 1.09 bits per heavy atom. The number of hydrogen-bond donors (Lipinski definition) is 2. The average molecular weight is 556 g/mol. The zero-order valence-corrected chi connectivity index (χ0v) is 21.3. The second kappa shape index (κ2) is 9.86. The number of nitrogens with one attached hydrogen (secondary N) is 2. The number of anilines is 2. The minimum atomic E-state index is -1.40. The first-order chi connectivity index (χ1) is 16.6. The van der Waals surface area contributed by atoms with Crippen molar-refractivity contribution >= 4 is 70.0 Å². The number of alkyl halides is 2. The van der Waals surface area contributed by atoms with Crippen molar-refractivity contribution in [1.82, 2.24) is 0 Å². The Balaban J connectivity index is 1.57. The molecule has 0 saturated heterocycles. The molecule has 0 radical (unpaired) electrons. The third-order valence-corrected chi connectivity index (χ3v) is 7.56. The summed E-state index contributed by atoms with van der Waals surface area (Å²) in [6.07, 6.45) is 0.719. The standard InChI is InChI=1S/C25H19Cl4FN2O3/c1-35-21-19(23(34)32-18-7-5-17(30)6-8-18)3-2-4-20(21)31-12-24(13-33)22(25(24,28)29)14-9-15(26)11-16(27)10-14/h2-11,13,22,31H,12H2,1H3,(H,32,34). The number of rotatable bonds is 8. The maximum Gasteiger partial charge on any atom is 0.259 e. The number of carbonyl (C=O) groups excluding carboxylic acids is 2. The van der Waals surface area contributed by atoms with E-state index in [1.807, 2.05) is 0 Å². The van der Waals surface area contributed by atoms with Crippen LogP contribution in [0.3, 0.4) is 0 Å². The molecule has 3 aromatic rings. The van der Waals surface area contributed by atoms with Crippen LogP contribution in [0.4, 0.5) is 15.8 Å². The fraction of sp³-hybridized carbons (Fsp3) is 0.200. The van der Waals surface area contributed by atoms with Crippen LogP contribution in [-0.2, 0) is 4.79 Å². The number of halogens is 5. The molecule has 0 heterocycles. The average Bonchev–Trinajstić information content (AvgIpc) is 3.32. The van der Waals surface area contributed by atoms with Gasteiger partial charge < -0.3 is 20.2 Å². The number of para-hydroxylation sites is 1. The van der Waals surface area contributed by atoms with Crippen molar-refractivity contribution < 1.29 is 18.7 Å². The van der Waals surface area contributed by atoms with E-state index >= 15 is 0 Å². The van der Waals surface area contributed by atoms with Crippen LogP contribution < -0.4 is 15.4 Å². The van der Waals surface area contributed by atoms with Crippen LogP contribution >= 0.6 is 46.4 Å². The van der Waals surface area contributed by atoms with Crippen molar-refractivity contribution in [2.75, 3.05) is 24.3 Å². The molecule has 0 aliphatic heterocycles. The number of amides is 1. The van der Waals surface area contributed by atoms with Crippen LogP contribution in [-0.4, -0.2) is 30.2 Å². The van der Waals surface area contributed by atoms with Gasteiger partial charge in [0.15, 0.2) is 5.75 Å². The van der Waals surface area contributed by atoms with Gasteiger partial charge in [-0.25, -0.2) is 4.39 Å². The monoisotopic (exact) mass is 554 g/mol. The minimum Gasteiger partial charge on any atom is -0.494 e. The van der Waals surface area contributed by atoms with Crippen molar-refractivity contribution in [3.05, 3.63) is 87.7 Å². The highest BCUT2D eigenvalue weighted by Gasteiger charge is 2.76. The summed E-state index contributed by atoms with van der Waals surface area (Å²) in [6, 6.07) is 15.2. The number of ether oxygens (including phenoxy) is 1. The van der Waals surface area contributed by atoms with Crippen molar-refractivity contribution in [2.45, 2.75) is 10.3 Å². The van der Waals surface area contributed by atoms with Gasteiger partial charge in [-0.15, -0.1) is 0 Å². The molecular weight excluding hydrogens is 537 g/mol. The molecule has 3 aromatic carbocycles. The Labute approximate surface area is 221 Å². The van der Waals surface area contributed by atoms with Crippen LogP contribution in [0.1, 0.15) is 21.8 Å². The lowest BCUT2D eigenvalue weighted by Gasteiger charge is -2.18. The predicted molar refractivity (Wildman–Crippen MR) is 138 cm³/mol. The molecule has 1 fully saturated rings. The summed E-state index contributed by atoms with van der Waals surface area (Å²) >= 11 is 25.4. The van der Waals surface area contributed by atoms with Crippen LogP contribution in [0.2, 0.25) is 10.0 Å². The SMILES string of the molecule is COc1c(NCC2(C=O)C(c3cc(Cl)cc(Cl)c3)C2(Cl)Cl)cccc1C(=O)Nc1ccc(F)cc1. The quantitative estimate of drug-likeness (QED) is 0.233. The molecule has 5 nitrogen and oxygen atoms in total. The normalized spacial score (nSPS) is 20.1. The molecule has 0 bridgehead atoms. The van der Waals surface area contributed by atoms with Gasteiger partial charge >= 0.3 is 0 Å². The summed E-state index contributed by atoms with van der Waals surface area (Å²) in [5, 5.41) is 6.65. The van der Waals surface area contributed by atoms with Crippen LogP contribution in [0.5, 0.6) is 5.75 Å². The molecular formula is C25H19Cl4FN2O3. The Bertz CT molecular complexity index is 1270. The van der Waals surface area contributed by atoms with Gasteiger partial charge in [-0.05, 0) is 60.2 Å². The van der Waals surface area contributed by atoms with Gasteiger partial charge in [0.1, 0.15) is 16.4 Å². The number of aldehydes is 1. The maximum atomic E-state index is 13.2. The van der Waals surface area contributed by atoms with Gasteiger partial charge in [-0.1, -0.05) is 52.5 Å². The van der Waals surface area contributed by atoms with Gasteiger partial charge in [0, 0.05) is 28.2 Å². The highest BCUT2D eigenvalue weighted by atomic mass is 35.5. The third-order valence-electron chi connectivity index (χ3n) is 5.98. The van der Waals surface area contributed by atoms with Gasteiger partial charge in [0.2, 0.25) is 0 Å². The fourth-order valence-corrected chi connectivity index (χ4v) is 5.70. The van der Waals surface area contributed by atoms with Gasteiger partial charge in [0.05, 0.1) is 23.8 Å². The first-order valence-electron chi connectivity index (χ1n) is 10.4. The topological polar surface area (TPSA) is 67.4 Å². The van der Waals surface area contributed by atoms with Gasteiger partial charge in [-0.3, -0.25) is 4.79 Å². The molecule has 182 valence electrons. The van der Waals surface area contributed by atoms with Crippen LogP contribution in [0.25, 0.3) is 0 Å². The van der Waals surface area contributed by atoms with Crippen LogP contribution in [0, 0.1) is 11.2 Å². The number of methoxy groups -OCH3 is 1. The van der Waals surface area contributed by atoms with Gasteiger partial charge in [-0.2, -0.15) is 0 Å². The molecule has 1 saturated carbocycles. The van der Waals surface area contributed by atoms with E-state index in [9.17, 15) is 14.0 Å². The van der Waals surface area contributed by atoms with E-state index < -0.39 is 27.4 Å². The summed E-state index contributed by atoms with van der Waals surface area (Å²) in [5.74, 6) is -1.17. The van der Waals surface area contributed by atoms with Crippen molar-refractivity contribution in [2.24, 2.45) is 5.41 Å². The molecule has 0 aromatic heterocycles. The highest BCUT2D eigenvalue weighted by molar-refractivity contribution is 6.54. The summed E-state index contributed by atoms with van der Waals surface area (Å²) in [5.41, 5.74) is 0.576. The zero-order chi connectivity index (χ0) is 25.4. The van der Waals surface area contributed by atoms with Crippen molar-refractivity contribution in [1.29, 1.82) is 0 Å². The van der Waals surface area contributed by atoms with E-state index in [2.05, 4.69) is 10.6 Å². The molecule has 2 unspecified atom stereocenters. The molecule has 0 spiro atoms. The molecule has 2 N–H and O–H groups in total. The zero-order valence-electron chi connectivity index (χ0n) is 18.2. The lowest BCUT2D eigenvalue weighted by Crippen LogP contribution is -2.24. The Morgan fingerprint density at radius 3 is 2.34 bits per heavy atom. The summed E-state index contributed by atoms with van der Waals surface area (Å²) in [4.78, 5) is 25.1. The van der Waals surface area contributed by atoms with E-state index in [1.165, 1.54) is 31.4 Å². The molecule has 10 heteroatoms. The number of carbonyl (C=O) groups is 2. The molecule has 4 rings (SSSR count). The lowest BCUT2D eigenvalue weighted by molar-refractivity contribution is -0.112. The van der Waals surface area contributed by atoms with Gasteiger partial charge in [0.25, 0.3) is 5.91 Å². The third kappa shape index (κ3) is 4.81. The Morgan fingerprint density at radius 2 is 1.74 bits per heavy atom. The van der Waals surface area contributed by atoms with Crippen molar-refractivity contribution in [3.63, 3.8) is 0 Å². The smallest absolute Gasteiger partial charge is 0.259 e. The Kier molecular flexibility index (Phi) is 7.21. The van der Waals surface area contributed by atoms with E-state index in [0.717, 1.165) is 6.29 Å². The second-order valence-electron chi connectivity index (χ2n) is 8.12. The Hall–Kier alpha value is -2.51. The number of hydrogen-bond acceptors (Lipinski definition) is 4. The fourth-order valence-electron chi connectivity index (χ4n) is 4.18. The second-order valence-corrected chi connectivity index (χ2v) is 10.4. The lowest BCUT2D eigenvalue weighted by atomic mass is 10.00. The van der Waals surface area contributed by atoms with E-state index in [0.29, 0.717) is 27.0 Å². The first-order valence-corrected chi connectivity index (χ1v) is 11.9. The first kappa shape index (κ1) is 25.6. The summed E-state index contributed by atoms with van der Waals surface area (Å²) < 4.78 is 17.3. The highest BCUT2D eigenvalue weighted by Crippen LogP contribution is 2.73. The number of benzene rings is 3.